The van der Waals surface area contributed by atoms with Crippen molar-refractivity contribution in [2.75, 3.05) is 21.1 Å². The summed E-state index contributed by atoms with van der Waals surface area (Å²) in [7, 11) is 5.90. The fourth-order valence-electron chi connectivity index (χ4n) is 2.98. The van der Waals surface area contributed by atoms with E-state index in [0.29, 0.717) is 10.4 Å². The average Bonchev–Trinajstić information content (AvgIpc) is 2.50. The van der Waals surface area contributed by atoms with Crippen molar-refractivity contribution in [3.8, 4) is 0 Å². The Balaban J connectivity index is 3.12. The van der Waals surface area contributed by atoms with E-state index in [9.17, 15) is 4.79 Å². The second-order valence-electron chi connectivity index (χ2n) is 8.11. The van der Waals surface area contributed by atoms with E-state index in [1.165, 1.54) is 89.9 Å². The summed E-state index contributed by atoms with van der Waals surface area (Å²) in [6, 6.07) is 0. The van der Waals surface area contributed by atoms with Crippen LogP contribution in [0, 0.1) is 0 Å². The van der Waals surface area contributed by atoms with Crippen LogP contribution in [0.25, 0.3) is 0 Å². The van der Waals surface area contributed by atoms with Crippen LogP contribution >= 0.6 is 0 Å². The molecule has 0 saturated carbocycles. The van der Waals surface area contributed by atoms with Crippen LogP contribution < -0.4 is 0 Å². The Hall–Kier alpha value is -0.370. The summed E-state index contributed by atoms with van der Waals surface area (Å²) in [5.74, 6) is 0.361. The lowest BCUT2D eigenvalue weighted by atomic mass is 10.0. The van der Waals surface area contributed by atoms with Gasteiger partial charge < -0.3 is 0 Å². The minimum absolute atomic E-state index is 0.361. The lowest BCUT2D eigenvalue weighted by molar-refractivity contribution is -0.792. The van der Waals surface area contributed by atoms with E-state index in [-0.39, 0.29) is 0 Å². The predicted molar refractivity (Wildman–Crippen MR) is 103 cm³/mol. The molecule has 0 unspecified atom stereocenters. The monoisotopic (exact) mass is 326 g/mol. The summed E-state index contributed by atoms with van der Waals surface area (Å²) in [6.45, 7) is 2.28. The van der Waals surface area contributed by atoms with Gasteiger partial charge in [-0.2, -0.15) is 0 Å². The molecule has 0 bridgehead atoms. The zero-order valence-electron chi connectivity index (χ0n) is 16.7. The molecule has 0 saturated heterocycles. The minimum atomic E-state index is 0.361. The van der Waals surface area contributed by atoms with Crippen molar-refractivity contribution >= 4 is 5.91 Å². The lowest BCUT2D eigenvalue weighted by Crippen LogP contribution is -2.40. The van der Waals surface area contributed by atoms with Gasteiger partial charge in [-0.3, -0.25) is 4.48 Å². The Morgan fingerprint density at radius 3 is 1.17 bits per heavy atom. The molecule has 0 aliphatic rings. The van der Waals surface area contributed by atoms with Crippen LogP contribution in [0.1, 0.15) is 110 Å². The molecule has 0 heterocycles. The Morgan fingerprint density at radius 2 is 0.870 bits per heavy atom. The maximum Gasteiger partial charge on any atom is 0.313 e. The first-order chi connectivity index (χ1) is 11.0. The van der Waals surface area contributed by atoms with Gasteiger partial charge in [-0.05, 0) is 6.42 Å². The molecule has 1 amide bonds. The molecule has 2 heteroatoms. The molecule has 0 atom stereocenters. The van der Waals surface area contributed by atoms with Crippen molar-refractivity contribution in [2.24, 2.45) is 0 Å². The van der Waals surface area contributed by atoms with Crippen LogP contribution in [0.15, 0.2) is 0 Å². The normalized spacial score (nSPS) is 11.8. The number of unbranched alkanes of at least 4 members (excludes halogenated alkanes) is 14. The molecule has 0 aliphatic carbocycles. The van der Waals surface area contributed by atoms with Crippen molar-refractivity contribution in [3.05, 3.63) is 0 Å². The second kappa shape index (κ2) is 15.2. The molecule has 0 spiro atoms. The number of rotatable bonds is 16. The first-order valence-corrected chi connectivity index (χ1v) is 10.3. The van der Waals surface area contributed by atoms with Crippen LogP contribution in [-0.4, -0.2) is 31.5 Å². The highest BCUT2D eigenvalue weighted by Gasteiger charge is 2.18. The van der Waals surface area contributed by atoms with Crippen molar-refractivity contribution in [3.63, 3.8) is 0 Å². The average molecular weight is 327 g/mol. The van der Waals surface area contributed by atoms with Crippen molar-refractivity contribution < 1.29 is 9.28 Å². The quantitative estimate of drug-likeness (QED) is 0.234. The summed E-state index contributed by atoms with van der Waals surface area (Å²) in [4.78, 5) is 11.8. The topological polar surface area (TPSA) is 17.1 Å². The van der Waals surface area contributed by atoms with Gasteiger partial charge in [0.1, 0.15) is 0 Å². The number of amides is 1. The molecule has 0 rings (SSSR count). The highest BCUT2D eigenvalue weighted by atomic mass is 16.2. The van der Waals surface area contributed by atoms with E-state index < -0.39 is 0 Å². The number of carbonyl (C=O) groups is 1. The molecular formula is C21H44NO+. The summed E-state index contributed by atoms with van der Waals surface area (Å²) in [5.41, 5.74) is 0. The largest absolute Gasteiger partial charge is 0.313 e. The van der Waals surface area contributed by atoms with Gasteiger partial charge in [0.15, 0.2) is 0 Å². The van der Waals surface area contributed by atoms with Crippen LogP contribution in [-0.2, 0) is 4.79 Å². The molecule has 23 heavy (non-hydrogen) atoms. The molecule has 138 valence electrons. The van der Waals surface area contributed by atoms with E-state index >= 15 is 0 Å². The van der Waals surface area contributed by atoms with Gasteiger partial charge in [0.2, 0.25) is 0 Å². The smallest absolute Gasteiger partial charge is 0.268 e. The first kappa shape index (κ1) is 22.6. The van der Waals surface area contributed by atoms with Crippen molar-refractivity contribution in [1.29, 1.82) is 0 Å². The van der Waals surface area contributed by atoms with Gasteiger partial charge >= 0.3 is 5.91 Å². The fraction of sp³-hybridized carbons (Fsp3) is 0.952. The molecule has 0 aromatic heterocycles. The Labute approximate surface area is 146 Å². The first-order valence-electron chi connectivity index (χ1n) is 10.3. The third-order valence-electron chi connectivity index (χ3n) is 4.74. The lowest BCUT2D eigenvalue weighted by Gasteiger charge is -2.20. The molecular weight excluding hydrogens is 282 g/mol. The van der Waals surface area contributed by atoms with E-state index in [1.54, 1.807) is 0 Å². The SMILES string of the molecule is CCCCCCCCCCCCCCCCCC(=O)[N+](C)(C)C. The van der Waals surface area contributed by atoms with E-state index in [1.807, 2.05) is 21.1 Å². The van der Waals surface area contributed by atoms with E-state index in [4.69, 9.17) is 0 Å². The maximum absolute atomic E-state index is 11.8. The third kappa shape index (κ3) is 16.3. The summed E-state index contributed by atoms with van der Waals surface area (Å²) < 4.78 is 0.471. The van der Waals surface area contributed by atoms with Gasteiger partial charge in [-0.25, -0.2) is 4.79 Å². The van der Waals surface area contributed by atoms with E-state index in [2.05, 4.69) is 6.92 Å². The molecule has 0 aromatic carbocycles. The highest BCUT2D eigenvalue weighted by Crippen LogP contribution is 2.14. The zero-order chi connectivity index (χ0) is 17.4. The van der Waals surface area contributed by atoms with Gasteiger partial charge in [-0.15, -0.1) is 0 Å². The summed E-state index contributed by atoms with van der Waals surface area (Å²) in [6.07, 6.45) is 21.4. The molecule has 0 aromatic rings. The zero-order valence-corrected chi connectivity index (χ0v) is 16.7. The summed E-state index contributed by atoms with van der Waals surface area (Å²) in [5, 5.41) is 0. The number of quaternary nitrogens is 1. The fourth-order valence-corrected chi connectivity index (χ4v) is 2.98. The van der Waals surface area contributed by atoms with Crippen LogP contribution in [0.5, 0.6) is 0 Å². The number of carbonyl (C=O) groups excluding carboxylic acids is 1. The third-order valence-corrected chi connectivity index (χ3v) is 4.74. The molecule has 0 radical (unpaired) electrons. The highest BCUT2D eigenvalue weighted by molar-refractivity contribution is 5.68. The van der Waals surface area contributed by atoms with Gasteiger partial charge in [0.25, 0.3) is 0 Å². The van der Waals surface area contributed by atoms with E-state index in [0.717, 1.165) is 12.8 Å². The minimum Gasteiger partial charge on any atom is -0.268 e. The Morgan fingerprint density at radius 1 is 0.565 bits per heavy atom. The standard InChI is InChI=1S/C21H44NO/c1-5-6-7-8-9-10-11-12-13-14-15-16-17-18-19-20-21(23)22(2,3)4/h5-20H2,1-4H3/q+1. The number of hydrogen-bond donors (Lipinski definition) is 0. The second-order valence-corrected chi connectivity index (χ2v) is 8.11. The number of hydrogen-bond acceptors (Lipinski definition) is 1. The molecule has 2 nitrogen and oxygen atoms in total. The summed E-state index contributed by atoms with van der Waals surface area (Å²) >= 11 is 0. The maximum atomic E-state index is 11.8. The molecule has 0 fully saturated rings. The van der Waals surface area contributed by atoms with Gasteiger partial charge in [-0.1, -0.05) is 96.8 Å². The molecule has 0 aliphatic heterocycles. The van der Waals surface area contributed by atoms with Crippen LogP contribution in [0.2, 0.25) is 0 Å². The Kier molecular flexibility index (Phi) is 14.9. The Bertz CT molecular complexity index is 268. The van der Waals surface area contributed by atoms with Gasteiger partial charge in [0.05, 0.1) is 27.6 Å². The predicted octanol–water partition coefficient (Wildman–Crippen LogP) is 6.48. The molecule has 0 N–H and O–H groups in total. The van der Waals surface area contributed by atoms with Crippen molar-refractivity contribution in [1.82, 2.24) is 0 Å². The van der Waals surface area contributed by atoms with Gasteiger partial charge in [0, 0.05) is 0 Å². The van der Waals surface area contributed by atoms with Crippen LogP contribution in [0.3, 0.4) is 0 Å². The number of nitrogens with zero attached hydrogens (tertiary/aromatic N) is 1. The van der Waals surface area contributed by atoms with Crippen LogP contribution in [0.4, 0.5) is 0 Å². The van der Waals surface area contributed by atoms with Crippen molar-refractivity contribution in [2.45, 2.75) is 110 Å².